The van der Waals surface area contributed by atoms with Gasteiger partial charge in [-0.3, -0.25) is 4.79 Å². The van der Waals surface area contributed by atoms with Crippen LogP contribution in [0.15, 0.2) is 18.2 Å². The SMILES string of the molecule is COc1cc(NC(=O)C2CCC2)ccc1C(=O)O. The number of carboxylic acids is 1. The van der Waals surface area contributed by atoms with Crippen LogP contribution in [0.5, 0.6) is 5.75 Å². The molecule has 0 unspecified atom stereocenters. The van der Waals surface area contributed by atoms with Crippen molar-refractivity contribution in [3.8, 4) is 5.75 Å². The topological polar surface area (TPSA) is 75.6 Å². The number of anilines is 1. The number of carboxylic acid groups (broad SMARTS) is 1. The molecule has 0 heterocycles. The molecule has 1 amide bonds. The first-order valence-corrected chi connectivity index (χ1v) is 5.84. The Morgan fingerprint density at radius 1 is 1.39 bits per heavy atom. The van der Waals surface area contributed by atoms with Gasteiger partial charge in [0.1, 0.15) is 11.3 Å². The van der Waals surface area contributed by atoms with Crippen LogP contribution in [0.3, 0.4) is 0 Å². The van der Waals surface area contributed by atoms with E-state index >= 15 is 0 Å². The first-order valence-electron chi connectivity index (χ1n) is 5.84. The Labute approximate surface area is 105 Å². The maximum Gasteiger partial charge on any atom is 0.339 e. The van der Waals surface area contributed by atoms with E-state index in [1.54, 1.807) is 6.07 Å². The zero-order valence-electron chi connectivity index (χ0n) is 10.1. The highest BCUT2D eigenvalue weighted by Gasteiger charge is 2.25. The molecule has 1 aliphatic rings. The lowest BCUT2D eigenvalue weighted by atomic mass is 9.85. The second-order valence-electron chi connectivity index (χ2n) is 4.34. The van der Waals surface area contributed by atoms with E-state index in [9.17, 15) is 9.59 Å². The quantitative estimate of drug-likeness (QED) is 0.857. The predicted molar refractivity (Wildman–Crippen MR) is 65.9 cm³/mol. The highest BCUT2D eigenvalue weighted by Crippen LogP contribution is 2.29. The molecule has 5 nitrogen and oxygen atoms in total. The van der Waals surface area contributed by atoms with Crippen LogP contribution in [0.4, 0.5) is 5.69 Å². The minimum atomic E-state index is -1.05. The van der Waals surface area contributed by atoms with Crippen molar-refractivity contribution in [1.82, 2.24) is 0 Å². The van der Waals surface area contributed by atoms with Gasteiger partial charge < -0.3 is 15.2 Å². The van der Waals surface area contributed by atoms with Crippen LogP contribution in [0.2, 0.25) is 0 Å². The van der Waals surface area contributed by atoms with Crippen LogP contribution >= 0.6 is 0 Å². The Hall–Kier alpha value is -2.04. The monoisotopic (exact) mass is 249 g/mol. The standard InChI is InChI=1S/C13H15NO4/c1-18-11-7-9(5-6-10(11)13(16)17)14-12(15)8-3-2-4-8/h5-8H,2-4H2,1H3,(H,14,15)(H,16,17). The summed E-state index contributed by atoms with van der Waals surface area (Å²) in [5.74, 6) is -0.723. The van der Waals surface area contributed by atoms with Gasteiger partial charge >= 0.3 is 5.97 Å². The molecule has 18 heavy (non-hydrogen) atoms. The van der Waals surface area contributed by atoms with Crippen molar-refractivity contribution < 1.29 is 19.4 Å². The molecule has 2 N–H and O–H groups in total. The number of ether oxygens (including phenoxy) is 1. The first-order chi connectivity index (χ1) is 8.61. The third kappa shape index (κ3) is 2.45. The van der Waals surface area contributed by atoms with E-state index in [2.05, 4.69) is 5.32 Å². The minimum absolute atomic E-state index is 0.00798. The third-order valence-electron chi connectivity index (χ3n) is 3.18. The number of carbonyl (C=O) groups is 2. The average molecular weight is 249 g/mol. The molecule has 1 fully saturated rings. The van der Waals surface area contributed by atoms with Gasteiger partial charge in [0.2, 0.25) is 5.91 Å². The molecule has 1 aromatic carbocycles. The lowest BCUT2D eigenvalue weighted by molar-refractivity contribution is -0.122. The van der Waals surface area contributed by atoms with Gasteiger partial charge in [-0.15, -0.1) is 0 Å². The highest BCUT2D eigenvalue weighted by molar-refractivity contribution is 5.95. The number of amides is 1. The van der Waals surface area contributed by atoms with Crippen LogP contribution in [0.25, 0.3) is 0 Å². The summed E-state index contributed by atoms with van der Waals surface area (Å²) < 4.78 is 5.00. The lowest BCUT2D eigenvalue weighted by Crippen LogP contribution is -2.28. The second-order valence-corrected chi connectivity index (χ2v) is 4.34. The number of benzene rings is 1. The molecule has 5 heteroatoms. The number of methoxy groups -OCH3 is 1. The molecule has 0 saturated heterocycles. The summed E-state index contributed by atoms with van der Waals surface area (Å²) in [6.07, 6.45) is 2.95. The molecular formula is C13H15NO4. The van der Waals surface area contributed by atoms with Crippen LogP contribution in [0.1, 0.15) is 29.6 Å². The van der Waals surface area contributed by atoms with E-state index in [0.717, 1.165) is 19.3 Å². The van der Waals surface area contributed by atoms with E-state index in [0.29, 0.717) is 5.69 Å². The van der Waals surface area contributed by atoms with Gasteiger partial charge in [-0.1, -0.05) is 6.42 Å². The fourth-order valence-corrected chi connectivity index (χ4v) is 1.86. The number of hydrogen-bond donors (Lipinski definition) is 2. The Morgan fingerprint density at radius 2 is 2.11 bits per heavy atom. The molecule has 0 bridgehead atoms. The Kier molecular flexibility index (Phi) is 3.50. The van der Waals surface area contributed by atoms with E-state index in [4.69, 9.17) is 9.84 Å². The molecule has 1 saturated carbocycles. The van der Waals surface area contributed by atoms with E-state index in [1.165, 1.54) is 19.2 Å². The predicted octanol–water partition coefficient (Wildman–Crippen LogP) is 2.13. The van der Waals surface area contributed by atoms with Gasteiger partial charge in [-0.05, 0) is 25.0 Å². The Bertz CT molecular complexity index is 480. The van der Waals surface area contributed by atoms with Crippen molar-refractivity contribution in [1.29, 1.82) is 0 Å². The second kappa shape index (κ2) is 5.08. The summed E-state index contributed by atoms with van der Waals surface area (Å²) in [5.41, 5.74) is 0.646. The van der Waals surface area contributed by atoms with Gasteiger partial charge in [0.05, 0.1) is 7.11 Å². The molecule has 1 aliphatic carbocycles. The zero-order chi connectivity index (χ0) is 13.1. The van der Waals surface area contributed by atoms with E-state index in [1.807, 2.05) is 0 Å². The molecule has 0 atom stereocenters. The van der Waals surface area contributed by atoms with Gasteiger partial charge in [0, 0.05) is 17.7 Å². The normalized spacial score (nSPS) is 14.7. The van der Waals surface area contributed by atoms with Gasteiger partial charge in [0.15, 0.2) is 0 Å². The lowest BCUT2D eigenvalue weighted by Gasteiger charge is -2.24. The van der Waals surface area contributed by atoms with Crippen LogP contribution in [0, 0.1) is 5.92 Å². The minimum Gasteiger partial charge on any atom is -0.496 e. The van der Waals surface area contributed by atoms with Crippen molar-refractivity contribution in [2.75, 3.05) is 12.4 Å². The maximum absolute atomic E-state index is 11.7. The van der Waals surface area contributed by atoms with Crippen molar-refractivity contribution in [3.63, 3.8) is 0 Å². The summed E-state index contributed by atoms with van der Waals surface area (Å²) in [7, 11) is 1.40. The number of rotatable bonds is 4. The van der Waals surface area contributed by atoms with E-state index < -0.39 is 5.97 Å². The third-order valence-corrected chi connectivity index (χ3v) is 3.18. The maximum atomic E-state index is 11.7. The van der Waals surface area contributed by atoms with E-state index in [-0.39, 0.29) is 23.1 Å². The summed E-state index contributed by atoms with van der Waals surface area (Å²) in [5, 5.41) is 11.7. The first kappa shape index (κ1) is 12.4. The van der Waals surface area contributed by atoms with Crippen LogP contribution in [-0.2, 0) is 4.79 Å². The van der Waals surface area contributed by atoms with Gasteiger partial charge in [0.25, 0.3) is 0 Å². The van der Waals surface area contributed by atoms with Crippen molar-refractivity contribution in [3.05, 3.63) is 23.8 Å². The van der Waals surface area contributed by atoms with Crippen LogP contribution in [-0.4, -0.2) is 24.1 Å². The number of carbonyl (C=O) groups excluding carboxylic acids is 1. The fraction of sp³-hybridized carbons (Fsp3) is 0.385. The van der Waals surface area contributed by atoms with Crippen molar-refractivity contribution in [2.24, 2.45) is 5.92 Å². The molecule has 1 aromatic rings. The summed E-state index contributed by atoms with van der Waals surface area (Å²) in [6.45, 7) is 0. The molecule has 0 aliphatic heterocycles. The average Bonchev–Trinajstić information content (AvgIpc) is 2.25. The summed E-state index contributed by atoms with van der Waals surface area (Å²) >= 11 is 0. The molecule has 0 spiro atoms. The Morgan fingerprint density at radius 3 is 2.61 bits per heavy atom. The zero-order valence-corrected chi connectivity index (χ0v) is 10.1. The molecule has 2 rings (SSSR count). The molecular weight excluding hydrogens is 234 g/mol. The van der Waals surface area contributed by atoms with Crippen molar-refractivity contribution in [2.45, 2.75) is 19.3 Å². The Balaban J connectivity index is 2.14. The molecule has 0 aromatic heterocycles. The fourth-order valence-electron chi connectivity index (χ4n) is 1.86. The molecule has 0 radical (unpaired) electrons. The van der Waals surface area contributed by atoms with Gasteiger partial charge in [-0.2, -0.15) is 0 Å². The molecule has 96 valence electrons. The van der Waals surface area contributed by atoms with Crippen molar-refractivity contribution >= 4 is 17.6 Å². The largest absolute Gasteiger partial charge is 0.496 e. The number of nitrogens with one attached hydrogen (secondary N) is 1. The highest BCUT2D eigenvalue weighted by atomic mass is 16.5. The smallest absolute Gasteiger partial charge is 0.339 e. The summed E-state index contributed by atoms with van der Waals surface area (Å²) in [6, 6.07) is 4.53. The van der Waals surface area contributed by atoms with Crippen LogP contribution < -0.4 is 10.1 Å². The van der Waals surface area contributed by atoms with Gasteiger partial charge in [-0.25, -0.2) is 4.79 Å². The number of aromatic carboxylic acids is 1. The summed E-state index contributed by atoms with van der Waals surface area (Å²) in [4.78, 5) is 22.7. The number of hydrogen-bond acceptors (Lipinski definition) is 3.